The van der Waals surface area contributed by atoms with Crippen molar-refractivity contribution in [1.29, 1.82) is 0 Å². The first kappa shape index (κ1) is 30.1. The Morgan fingerprint density at radius 1 is 0.415 bits per heavy atom. The summed E-state index contributed by atoms with van der Waals surface area (Å²) in [5.74, 6) is 0.755. The van der Waals surface area contributed by atoms with Crippen molar-refractivity contribution in [3.63, 3.8) is 0 Å². The van der Waals surface area contributed by atoms with Gasteiger partial charge in [-0.15, -0.1) is 0 Å². The van der Waals surface area contributed by atoms with Crippen LogP contribution in [-0.4, -0.2) is 27.2 Å². The van der Waals surface area contributed by atoms with Gasteiger partial charge in [0.05, 0.1) is 33.5 Å². The zero-order valence-corrected chi connectivity index (χ0v) is 30.5. The average Bonchev–Trinajstić information content (AvgIpc) is 3.81. The lowest BCUT2D eigenvalue weighted by molar-refractivity contribution is 1.17. The van der Waals surface area contributed by atoms with Gasteiger partial charge in [-0.2, -0.15) is 0 Å². The minimum Gasteiger partial charge on any atom is -0.309 e. The molecule has 0 radical (unpaired) electrons. The highest BCUT2D eigenvalue weighted by atomic mass is 28.3. The number of nitrogens with zero attached hydrogens (tertiary/aromatic N) is 4. The van der Waals surface area contributed by atoms with Crippen LogP contribution < -0.4 is 10.4 Å². The van der Waals surface area contributed by atoms with E-state index in [-0.39, 0.29) is 0 Å². The second-order valence-electron chi connectivity index (χ2n) is 14.6. The van der Waals surface area contributed by atoms with Gasteiger partial charge in [-0.3, -0.25) is 0 Å². The Labute approximate surface area is 308 Å². The number of hydrogen-bond acceptors (Lipinski definition) is 2. The molecule has 0 aliphatic carbocycles. The molecule has 1 aliphatic heterocycles. The largest absolute Gasteiger partial charge is 0.309 e. The molecule has 53 heavy (non-hydrogen) atoms. The third kappa shape index (κ3) is 4.35. The van der Waals surface area contributed by atoms with Crippen molar-refractivity contribution in [2.75, 3.05) is 0 Å². The van der Waals surface area contributed by atoms with Gasteiger partial charge in [0.25, 0.3) is 0 Å². The molecule has 0 fully saturated rings. The Bertz CT molecular complexity index is 3030. The third-order valence-electron chi connectivity index (χ3n) is 11.3. The number of rotatable bonds is 4. The topological polar surface area (TPSA) is 35.6 Å². The summed E-state index contributed by atoms with van der Waals surface area (Å²) in [5.41, 5.74) is 12.6. The molecule has 0 spiro atoms. The summed E-state index contributed by atoms with van der Waals surface area (Å²) in [6.07, 6.45) is 0. The maximum atomic E-state index is 5.52. The summed E-state index contributed by atoms with van der Waals surface area (Å²) < 4.78 is 4.73. The van der Waals surface area contributed by atoms with Gasteiger partial charge in [-0.05, 0) is 76.6 Å². The Kier molecular flexibility index (Phi) is 6.37. The molecule has 0 bridgehead atoms. The van der Waals surface area contributed by atoms with E-state index < -0.39 is 8.07 Å². The van der Waals surface area contributed by atoms with E-state index in [2.05, 4.69) is 192 Å². The van der Waals surface area contributed by atoms with Crippen LogP contribution in [0.15, 0.2) is 170 Å². The summed E-state index contributed by atoms with van der Waals surface area (Å²) in [6, 6.07) is 61.3. The molecule has 0 amide bonds. The van der Waals surface area contributed by atoms with Crippen LogP contribution in [0.4, 0.5) is 0 Å². The molecular formula is C48H34N4Si. The molecule has 11 rings (SSSR count). The predicted molar refractivity (Wildman–Crippen MR) is 224 cm³/mol. The Morgan fingerprint density at radius 3 is 1.57 bits per heavy atom. The van der Waals surface area contributed by atoms with Crippen LogP contribution in [0.25, 0.3) is 88.9 Å². The molecule has 0 unspecified atom stereocenters. The van der Waals surface area contributed by atoms with E-state index in [1.54, 1.807) is 0 Å². The Hall–Kier alpha value is -6.56. The highest BCUT2D eigenvalue weighted by Gasteiger charge is 2.41. The number of para-hydroxylation sites is 4. The molecule has 4 heterocycles. The summed E-state index contributed by atoms with van der Waals surface area (Å²) in [5, 5.41) is 7.67. The smallest absolute Gasteiger partial charge is 0.160 e. The fraction of sp³-hybridized carbons (Fsp3) is 0.0417. The zero-order valence-electron chi connectivity index (χ0n) is 29.5. The van der Waals surface area contributed by atoms with Crippen LogP contribution >= 0.6 is 0 Å². The molecule has 4 nitrogen and oxygen atoms in total. The summed E-state index contributed by atoms with van der Waals surface area (Å²) in [7, 11) is -2.12. The molecule has 10 aromatic rings. The Morgan fingerprint density at radius 2 is 0.906 bits per heavy atom. The lowest BCUT2D eigenvalue weighted by Gasteiger charge is -2.22. The van der Waals surface area contributed by atoms with Crippen molar-refractivity contribution in [3.05, 3.63) is 170 Å². The minimum absolute atomic E-state index is 0.755. The third-order valence-corrected chi connectivity index (χ3v) is 14.8. The molecule has 0 saturated heterocycles. The highest BCUT2D eigenvalue weighted by Crippen LogP contribution is 2.38. The first-order valence-electron chi connectivity index (χ1n) is 18.3. The first-order chi connectivity index (χ1) is 26.1. The molecule has 3 aromatic heterocycles. The van der Waals surface area contributed by atoms with Crippen molar-refractivity contribution in [1.82, 2.24) is 19.1 Å². The van der Waals surface area contributed by atoms with E-state index in [9.17, 15) is 0 Å². The fourth-order valence-electron chi connectivity index (χ4n) is 8.89. The van der Waals surface area contributed by atoms with Gasteiger partial charge in [0.2, 0.25) is 0 Å². The number of fused-ring (bicyclic) bond motifs is 9. The summed E-state index contributed by atoms with van der Waals surface area (Å²) >= 11 is 0. The Balaban J connectivity index is 1.12. The summed E-state index contributed by atoms with van der Waals surface area (Å²) in [4.78, 5) is 11.0. The van der Waals surface area contributed by atoms with Crippen molar-refractivity contribution in [3.8, 4) is 45.3 Å². The van der Waals surface area contributed by atoms with Crippen molar-refractivity contribution >= 4 is 62.1 Å². The number of aromatic nitrogens is 4. The van der Waals surface area contributed by atoms with Crippen LogP contribution in [0, 0.1) is 0 Å². The van der Waals surface area contributed by atoms with E-state index in [0.29, 0.717) is 0 Å². The van der Waals surface area contributed by atoms with E-state index in [0.717, 1.165) is 39.7 Å². The molecule has 0 N–H and O–H groups in total. The monoisotopic (exact) mass is 694 g/mol. The van der Waals surface area contributed by atoms with Crippen molar-refractivity contribution in [2.45, 2.75) is 13.1 Å². The standard InChI is InChI=1S/C48H34N4Si/c1-53(2)44-23-13-9-19-38(44)46-47(53)45(31-24-27-34(28-25-31)52-40-20-10-6-16-35(40)36-17-7-11-21-41(36)52)49-48(50-46)32-26-29-43-39(30-32)37-18-8-12-22-42(37)51(43)33-14-4-3-5-15-33/h3-30H,1-2H3. The van der Waals surface area contributed by atoms with E-state index in [1.807, 2.05) is 0 Å². The zero-order chi connectivity index (χ0) is 35.3. The maximum absolute atomic E-state index is 5.52. The molecule has 7 aromatic carbocycles. The van der Waals surface area contributed by atoms with Gasteiger partial charge in [0.15, 0.2) is 5.82 Å². The van der Waals surface area contributed by atoms with Crippen molar-refractivity contribution in [2.24, 2.45) is 0 Å². The normalized spacial score (nSPS) is 13.2. The van der Waals surface area contributed by atoms with Crippen molar-refractivity contribution < 1.29 is 0 Å². The van der Waals surface area contributed by atoms with Crippen LogP contribution in [0.3, 0.4) is 0 Å². The molecule has 1 aliphatic rings. The van der Waals surface area contributed by atoms with E-state index in [1.165, 1.54) is 59.5 Å². The average molecular weight is 695 g/mol. The highest BCUT2D eigenvalue weighted by molar-refractivity contribution is 7.04. The second kappa shape index (κ2) is 11.2. The molecule has 5 heteroatoms. The van der Waals surface area contributed by atoms with Crippen LogP contribution in [0.1, 0.15) is 0 Å². The van der Waals surface area contributed by atoms with Gasteiger partial charge in [0.1, 0.15) is 8.07 Å². The molecule has 0 saturated carbocycles. The number of hydrogen-bond donors (Lipinski definition) is 0. The van der Waals surface area contributed by atoms with Gasteiger partial charge >= 0.3 is 0 Å². The van der Waals surface area contributed by atoms with Gasteiger partial charge in [0, 0.05) is 44.0 Å². The minimum atomic E-state index is -2.12. The fourth-order valence-corrected chi connectivity index (χ4v) is 12.1. The van der Waals surface area contributed by atoms with Crippen LogP contribution in [-0.2, 0) is 0 Å². The first-order valence-corrected chi connectivity index (χ1v) is 21.3. The molecule has 0 atom stereocenters. The molecular weight excluding hydrogens is 661 g/mol. The molecule has 250 valence electrons. The van der Waals surface area contributed by atoms with E-state index >= 15 is 0 Å². The van der Waals surface area contributed by atoms with Gasteiger partial charge in [-0.25, -0.2) is 9.97 Å². The van der Waals surface area contributed by atoms with Crippen LogP contribution in [0.5, 0.6) is 0 Å². The maximum Gasteiger partial charge on any atom is 0.160 e. The summed E-state index contributed by atoms with van der Waals surface area (Å²) in [6.45, 7) is 4.89. The lowest BCUT2D eigenvalue weighted by Crippen LogP contribution is -2.50. The van der Waals surface area contributed by atoms with Gasteiger partial charge in [-0.1, -0.05) is 122 Å². The predicted octanol–water partition coefficient (Wildman–Crippen LogP) is 10.8. The van der Waals surface area contributed by atoms with Crippen LogP contribution in [0.2, 0.25) is 13.1 Å². The second-order valence-corrected chi connectivity index (χ2v) is 18.9. The SMILES string of the molecule is C[Si]1(C)c2ccccc2-c2nc(-c3ccc4c(c3)c3ccccc3n4-c3ccccc3)nc(-c3ccc(-n4c5ccccc5c5ccccc54)cc3)c21. The van der Waals surface area contributed by atoms with E-state index in [4.69, 9.17) is 9.97 Å². The lowest BCUT2D eigenvalue weighted by atomic mass is 10.0. The quantitative estimate of drug-likeness (QED) is 0.172. The van der Waals surface area contributed by atoms with Gasteiger partial charge < -0.3 is 9.13 Å². The number of benzene rings is 7.